The van der Waals surface area contributed by atoms with E-state index in [0.29, 0.717) is 11.4 Å². The van der Waals surface area contributed by atoms with Crippen molar-refractivity contribution in [3.05, 3.63) is 83.6 Å². The number of carboxylic acid groups (broad SMARTS) is 1. The fourth-order valence-electron chi connectivity index (χ4n) is 4.41. The summed E-state index contributed by atoms with van der Waals surface area (Å²) in [5, 5.41) is 15.0. The van der Waals surface area contributed by atoms with Gasteiger partial charge in [0, 0.05) is 18.5 Å². The van der Waals surface area contributed by atoms with Crippen LogP contribution < -0.4 is 10.6 Å². The van der Waals surface area contributed by atoms with Gasteiger partial charge in [-0.15, -0.1) is 0 Å². The van der Waals surface area contributed by atoms with Crippen molar-refractivity contribution in [1.82, 2.24) is 10.3 Å². The summed E-state index contributed by atoms with van der Waals surface area (Å²) in [6.45, 7) is 5.39. The van der Waals surface area contributed by atoms with Crippen molar-refractivity contribution < 1.29 is 29.0 Å². The summed E-state index contributed by atoms with van der Waals surface area (Å²) < 4.78 is 10.7. The van der Waals surface area contributed by atoms with Gasteiger partial charge in [0.1, 0.15) is 30.6 Å². The van der Waals surface area contributed by atoms with Gasteiger partial charge in [-0.3, -0.25) is 4.79 Å². The van der Waals surface area contributed by atoms with E-state index in [0.717, 1.165) is 22.3 Å². The Hall–Kier alpha value is -4.40. The summed E-state index contributed by atoms with van der Waals surface area (Å²) in [7, 11) is 0. The van der Waals surface area contributed by atoms with E-state index in [-0.39, 0.29) is 25.5 Å². The second-order valence-electron chi connectivity index (χ2n) is 10.1. The number of hydrogen-bond donors (Lipinski definition) is 3. The molecule has 0 spiro atoms. The first-order valence-electron chi connectivity index (χ1n) is 12.4. The maximum Gasteiger partial charge on any atom is 0.407 e. The molecule has 3 N–H and O–H groups in total. The van der Waals surface area contributed by atoms with E-state index in [4.69, 9.17) is 9.47 Å². The number of carbonyl (C=O) groups excluding carboxylic acids is 2. The summed E-state index contributed by atoms with van der Waals surface area (Å²) >= 11 is 0. The molecular formula is C29H31N3O6. The molecule has 1 aliphatic rings. The molecule has 9 heteroatoms. The van der Waals surface area contributed by atoms with Crippen LogP contribution in [-0.2, 0) is 25.5 Å². The Morgan fingerprint density at radius 2 is 1.61 bits per heavy atom. The molecule has 2 aromatic carbocycles. The number of carbonyl (C=O) groups is 3. The number of fused-ring (bicyclic) bond motifs is 3. The van der Waals surface area contributed by atoms with E-state index in [2.05, 4.69) is 15.6 Å². The zero-order valence-electron chi connectivity index (χ0n) is 21.6. The summed E-state index contributed by atoms with van der Waals surface area (Å²) in [5.41, 5.74) is 4.38. The zero-order valence-corrected chi connectivity index (χ0v) is 21.6. The molecular weight excluding hydrogens is 486 g/mol. The molecule has 0 radical (unpaired) electrons. The van der Waals surface area contributed by atoms with Crippen LogP contribution in [0.3, 0.4) is 0 Å². The standard InChI is InChI=1S/C29H31N3O6/c1-29(2,3)38-26(33)16-31-25-13-12-18(15-30-25)14-24(27(34)35)32-28(36)37-17-23-21-10-6-4-8-19(21)20-9-5-7-11-22(20)23/h4-13,15,23-24H,14,16-17H2,1-3H3,(H,30,31)(H,32,36)(H,34,35). The maximum absolute atomic E-state index is 12.6. The predicted molar refractivity (Wildman–Crippen MR) is 142 cm³/mol. The fraction of sp³-hybridized carbons (Fsp3) is 0.310. The highest BCUT2D eigenvalue weighted by molar-refractivity contribution is 5.81. The molecule has 0 saturated heterocycles. The molecule has 198 valence electrons. The highest BCUT2D eigenvalue weighted by Gasteiger charge is 2.30. The number of nitrogens with one attached hydrogen (secondary N) is 2. The number of pyridine rings is 1. The monoisotopic (exact) mass is 517 g/mol. The number of esters is 1. The Bertz CT molecular complexity index is 1270. The second kappa shape index (κ2) is 11.3. The molecule has 1 heterocycles. The highest BCUT2D eigenvalue weighted by atomic mass is 16.6. The van der Waals surface area contributed by atoms with Gasteiger partial charge in [-0.25, -0.2) is 14.6 Å². The second-order valence-corrected chi connectivity index (χ2v) is 10.1. The number of aliphatic carboxylic acids is 1. The number of alkyl carbamates (subject to hydrolysis) is 1. The third kappa shape index (κ3) is 6.67. The lowest BCUT2D eigenvalue weighted by molar-refractivity contribution is -0.152. The fourth-order valence-corrected chi connectivity index (χ4v) is 4.41. The minimum atomic E-state index is -1.20. The molecule has 9 nitrogen and oxygen atoms in total. The Balaban J connectivity index is 1.31. The van der Waals surface area contributed by atoms with Crippen molar-refractivity contribution in [3.63, 3.8) is 0 Å². The Labute approximate surface area is 221 Å². The molecule has 1 amide bonds. The molecule has 0 saturated carbocycles. The van der Waals surface area contributed by atoms with Crippen LogP contribution in [0.25, 0.3) is 11.1 Å². The zero-order chi connectivity index (χ0) is 27.3. The van der Waals surface area contributed by atoms with Crippen LogP contribution in [0.5, 0.6) is 0 Å². The molecule has 1 aliphatic carbocycles. The molecule has 0 bridgehead atoms. The van der Waals surface area contributed by atoms with E-state index >= 15 is 0 Å². The van der Waals surface area contributed by atoms with Gasteiger partial charge in [0.05, 0.1) is 0 Å². The van der Waals surface area contributed by atoms with Gasteiger partial charge in [-0.2, -0.15) is 0 Å². The average Bonchev–Trinajstić information content (AvgIpc) is 3.19. The van der Waals surface area contributed by atoms with Gasteiger partial charge in [0.2, 0.25) is 0 Å². The minimum Gasteiger partial charge on any atom is -0.480 e. The van der Waals surface area contributed by atoms with E-state index < -0.39 is 29.7 Å². The SMILES string of the molecule is CC(C)(C)OC(=O)CNc1ccc(CC(NC(=O)OCC2c3ccccc3-c3ccccc32)C(=O)O)cn1. The first-order valence-corrected chi connectivity index (χ1v) is 12.4. The summed E-state index contributed by atoms with van der Waals surface area (Å²) in [5.74, 6) is -1.29. The third-order valence-corrected chi connectivity index (χ3v) is 6.03. The third-order valence-electron chi connectivity index (χ3n) is 6.03. The van der Waals surface area contributed by atoms with Gasteiger partial charge < -0.3 is 25.2 Å². The maximum atomic E-state index is 12.6. The number of carboxylic acids is 1. The van der Waals surface area contributed by atoms with Crippen LogP contribution in [0.1, 0.15) is 43.4 Å². The number of benzene rings is 2. The molecule has 4 rings (SSSR count). The predicted octanol–water partition coefficient (Wildman–Crippen LogP) is 4.37. The van der Waals surface area contributed by atoms with Crippen molar-refractivity contribution in [2.75, 3.05) is 18.5 Å². The molecule has 1 atom stereocenters. The number of aromatic nitrogens is 1. The van der Waals surface area contributed by atoms with Crippen LogP contribution in [0.15, 0.2) is 66.9 Å². The average molecular weight is 518 g/mol. The molecule has 0 fully saturated rings. The number of anilines is 1. The van der Waals surface area contributed by atoms with E-state index in [9.17, 15) is 19.5 Å². The number of ether oxygens (including phenoxy) is 2. The number of nitrogens with zero attached hydrogens (tertiary/aromatic N) is 1. The van der Waals surface area contributed by atoms with Gasteiger partial charge in [0.15, 0.2) is 0 Å². The van der Waals surface area contributed by atoms with E-state index in [1.807, 2.05) is 48.5 Å². The first-order chi connectivity index (χ1) is 18.1. The largest absolute Gasteiger partial charge is 0.480 e. The molecule has 1 aromatic heterocycles. The molecule has 0 aliphatic heterocycles. The minimum absolute atomic E-state index is 0.0128. The van der Waals surface area contributed by atoms with Crippen LogP contribution in [-0.4, -0.2) is 52.9 Å². The summed E-state index contributed by atoms with van der Waals surface area (Å²) in [4.78, 5) is 40.5. The van der Waals surface area contributed by atoms with Crippen molar-refractivity contribution in [2.24, 2.45) is 0 Å². The van der Waals surface area contributed by atoms with Gasteiger partial charge in [0.25, 0.3) is 0 Å². The van der Waals surface area contributed by atoms with Gasteiger partial charge >= 0.3 is 18.0 Å². The quantitative estimate of drug-likeness (QED) is 0.357. The van der Waals surface area contributed by atoms with Crippen LogP contribution in [0, 0.1) is 0 Å². The molecule has 38 heavy (non-hydrogen) atoms. The van der Waals surface area contributed by atoms with Crippen LogP contribution >= 0.6 is 0 Å². The van der Waals surface area contributed by atoms with E-state index in [1.54, 1.807) is 32.9 Å². The highest BCUT2D eigenvalue weighted by Crippen LogP contribution is 2.44. The number of hydrogen-bond acceptors (Lipinski definition) is 7. The van der Waals surface area contributed by atoms with Crippen molar-refractivity contribution in [2.45, 2.75) is 44.8 Å². The Morgan fingerprint density at radius 1 is 0.974 bits per heavy atom. The summed E-state index contributed by atoms with van der Waals surface area (Å²) in [6, 6.07) is 18.1. The summed E-state index contributed by atoms with van der Waals surface area (Å²) in [6.07, 6.45) is 0.703. The van der Waals surface area contributed by atoms with Crippen LogP contribution in [0.2, 0.25) is 0 Å². The first kappa shape index (κ1) is 26.7. The lowest BCUT2D eigenvalue weighted by atomic mass is 9.98. The van der Waals surface area contributed by atoms with Crippen molar-refractivity contribution in [3.8, 4) is 11.1 Å². The smallest absolute Gasteiger partial charge is 0.407 e. The molecule has 3 aromatic rings. The Morgan fingerprint density at radius 3 is 2.16 bits per heavy atom. The van der Waals surface area contributed by atoms with Gasteiger partial charge in [-0.1, -0.05) is 54.6 Å². The Kier molecular flexibility index (Phi) is 7.95. The molecule has 1 unspecified atom stereocenters. The normalized spacial score (nSPS) is 13.1. The van der Waals surface area contributed by atoms with Crippen LogP contribution in [0.4, 0.5) is 10.6 Å². The van der Waals surface area contributed by atoms with Crippen molar-refractivity contribution >= 4 is 23.8 Å². The van der Waals surface area contributed by atoms with Crippen molar-refractivity contribution in [1.29, 1.82) is 0 Å². The number of rotatable bonds is 9. The topological polar surface area (TPSA) is 127 Å². The lowest BCUT2D eigenvalue weighted by Crippen LogP contribution is -2.42. The van der Waals surface area contributed by atoms with E-state index in [1.165, 1.54) is 6.20 Å². The number of amides is 1. The lowest BCUT2D eigenvalue weighted by Gasteiger charge is -2.19. The van der Waals surface area contributed by atoms with Gasteiger partial charge in [-0.05, 0) is 54.7 Å².